The van der Waals surface area contributed by atoms with Crippen molar-refractivity contribution in [1.82, 2.24) is 0 Å². The lowest BCUT2D eigenvalue weighted by Crippen LogP contribution is -2.25. The second kappa shape index (κ2) is 25.5. The first-order valence-electron chi connectivity index (χ1n) is 28.2. The van der Waals surface area contributed by atoms with E-state index in [9.17, 15) is 0 Å². The van der Waals surface area contributed by atoms with E-state index in [0.717, 1.165) is 35.6 Å². The quantitative estimate of drug-likeness (QED) is 0.0474. The topological polar surface area (TPSA) is 6.48 Å². The Morgan fingerprint density at radius 3 is 1.10 bits per heavy atom. The SMILES string of the molecule is CCCCCCCCC1(CCCCCCCC)c2cc(C)ccc2-c2ccc(-c3ccc(N(c4ccc(C)cc4)c4ccc(N(c5ccc(CCCC)cc5)c5ccc(CCCC)cc5)cc4)cc3)cc21. The van der Waals surface area contributed by atoms with Gasteiger partial charge in [0.2, 0.25) is 0 Å². The molecule has 0 saturated carbocycles. The second-order valence-corrected chi connectivity index (χ2v) is 21.0. The normalized spacial score (nSPS) is 12.5. The molecule has 0 aliphatic heterocycles. The van der Waals surface area contributed by atoms with E-state index in [1.807, 2.05) is 0 Å². The monoisotopic (exact) mass is 941 g/mol. The second-order valence-electron chi connectivity index (χ2n) is 21.0. The van der Waals surface area contributed by atoms with Crippen LogP contribution in [0.4, 0.5) is 34.1 Å². The highest BCUT2D eigenvalue weighted by Gasteiger charge is 2.42. The number of aryl methyl sites for hydroxylation is 4. The van der Waals surface area contributed by atoms with Crippen LogP contribution in [0.15, 0.2) is 158 Å². The molecular weight excluding hydrogens is 857 g/mol. The van der Waals surface area contributed by atoms with Crippen LogP contribution in [0.2, 0.25) is 0 Å². The van der Waals surface area contributed by atoms with Crippen molar-refractivity contribution in [1.29, 1.82) is 0 Å². The van der Waals surface area contributed by atoms with Gasteiger partial charge in [0.15, 0.2) is 0 Å². The van der Waals surface area contributed by atoms with E-state index >= 15 is 0 Å². The molecule has 0 aromatic heterocycles. The van der Waals surface area contributed by atoms with Crippen molar-refractivity contribution in [3.05, 3.63) is 191 Å². The molecule has 0 heterocycles. The van der Waals surface area contributed by atoms with Crippen LogP contribution >= 0.6 is 0 Å². The van der Waals surface area contributed by atoms with E-state index in [4.69, 9.17) is 0 Å². The van der Waals surface area contributed by atoms with E-state index in [0.29, 0.717) is 0 Å². The zero-order valence-electron chi connectivity index (χ0n) is 44.5. The Kier molecular flexibility index (Phi) is 18.5. The van der Waals surface area contributed by atoms with Gasteiger partial charge in [0.25, 0.3) is 0 Å². The maximum atomic E-state index is 2.60. The van der Waals surface area contributed by atoms with Crippen LogP contribution in [0.3, 0.4) is 0 Å². The van der Waals surface area contributed by atoms with Gasteiger partial charge in [-0.1, -0.05) is 208 Å². The first kappa shape index (κ1) is 51.5. The molecule has 0 fully saturated rings. The van der Waals surface area contributed by atoms with Gasteiger partial charge < -0.3 is 9.80 Å². The number of anilines is 6. The highest BCUT2D eigenvalue weighted by atomic mass is 15.2. The van der Waals surface area contributed by atoms with Gasteiger partial charge in [0, 0.05) is 39.5 Å². The van der Waals surface area contributed by atoms with Crippen LogP contribution in [-0.2, 0) is 18.3 Å². The molecule has 2 nitrogen and oxygen atoms in total. The Morgan fingerprint density at radius 1 is 0.310 bits per heavy atom. The molecule has 0 N–H and O–H groups in total. The van der Waals surface area contributed by atoms with Gasteiger partial charge in [0.1, 0.15) is 0 Å². The van der Waals surface area contributed by atoms with E-state index in [-0.39, 0.29) is 5.41 Å². The standard InChI is InChI=1S/C69H84N2/c1-7-11-15-17-19-21-49-69(50-22-20-18-16-12-8-2)67-51-54(6)27-47-65(67)66-48-34-58(52-68(66)69)57-32-41-62(42-33-57)70(59-35-25-53(5)26-36-59)63-43-45-64(46-44-63)71(60-37-28-55(29-38-60)23-13-9-3)61-39-30-56(31-40-61)24-14-10-4/h25-48,51-52H,7-24,49-50H2,1-6H3. The smallest absolute Gasteiger partial charge is 0.0463 e. The van der Waals surface area contributed by atoms with Crippen LogP contribution in [0, 0.1) is 13.8 Å². The molecule has 7 aromatic carbocycles. The fourth-order valence-electron chi connectivity index (χ4n) is 11.4. The largest absolute Gasteiger partial charge is 0.311 e. The van der Waals surface area contributed by atoms with Crippen molar-refractivity contribution in [2.75, 3.05) is 9.80 Å². The fourth-order valence-corrected chi connectivity index (χ4v) is 11.4. The van der Waals surface area contributed by atoms with Crippen molar-refractivity contribution in [2.45, 2.75) is 175 Å². The summed E-state index contributed by atoms with van der Waals surface area (Å²) in [5.74, 6) is 0. The molecule has 0 atom stereocenters. The molecule has 0 radical (unpaired) electrons. The third-order valence-electron chi connectivity index (χ3n) is 15.6. The first-order valence-corrected chi connectivity index (χ1v) is 28.2. The Labute approximate surface area is 430 Å². The van der Waals surface area contributed by atoms with Crippen LogP contribution in [0.5, 0.6) is 0 Å². The van der Waals surface area contributed by atoms with Crippen molar-refractivity contribution < 1.29 is 0 Å². The summed E-state index contributed by atoms with van der Waals surface area (Å²) in [6.07, 6.45) is 25.5. The molecule has 7 aromatic rings. The van der Waals surface area contributed by atoms with Crippen LogP contribution < -0.4 is 9.80 Å². The van der Waals surface area contributed by atoms with E-state index in [1.165, 1.54) is 171 Å². The van der Waals surface area contributed by atoms with Crippen molar-refractivity contribution in [2.24, 2.45) is 0 Å². The average Bonchev–Trinajstić information content (AvgIpc) is 3.66. The molecule has 0 spiro atoms. The lowest BCUT2D eigenvalue weighted by atomic mass is 9.70. The van der Waals surface area contributed by atoms with Gasteiger partial charge in [-0.25, -0.2) is 0 Å². The Bertz CT molecular complexity index is 2620. The minimum Gasteiger partial charge on any atom is -0.311 e. The van der Waals surface area contributed by atoms with Gasteiger partial charge in [-0.2, -0.15) is 0 Å². The summed E-state index contributed by atoms with van der Waals surface area (Å²) in [7, 11) is 0. The summed E-state index contributed by atoms with van der Waals surface area (Å²) >= 11 is 0. The number of benzene rings is 7. The molecular formula is C69H84N2. The minimum absolute atomic E-state index is 0.0578. The van der Waals surface area contributed by atoms with Crippen molar-refractivity contribution in [3.63, 3.8) is 0 Å². The summed E-state index contributed by atoms with van der Waals surface area (Å²) in [6.45, 7) is 13.7. The first-order chi connectivity index (χ1) is 34.8. The number of rotatable bonds is 27. The molecule has 71 heavy (non-hydrogen) atoms. The third kappa shape index (κ3) is 12.6. The summed E-state index contributed by atoms with van der Waals surface area (Å²) in [4.78, 5) is 4.82. The molecule has 1 aliphatic rings. The molecule has 2 heteroatoms. The number of fused-ring (bicyclic) bond motifs is 3. The maximum Gasteiger partial charge on any atom is 0.0463 e. The lowest BCUT2D eigenvalue weighted by molar-refractivity contribution is 0.398. The molecule has 0 unspecified atom stereocenters. The van der Waals surface area contributed by atoms with Gasteiger partial charge in [-0.05, 0) is 176 Å². The third-order valence-corrected chi connectivity index (χ3v) is 15.6. The highest BCUT2D eigenvalue weighted by Crippen LogP contribution is 2.55. The van der Waals surface area contributed by atoms with Gasteiger partial charge >= 0.3 is 0 Å². The van der Waals surface area contributed by atoms with E-state index < -0.39 is 0 Å². The average molecular weight is 941 g/mol. The Balaban J connectivity index is 1.12. The van der Waals surface area contributed by atoms with E-state index in [1.54, 1.807) is 11.1 Å². The highest BCUT2D eigenvalue weighted by molar-refractivity contribution is 5.86. The predicted molar refractivity (Wildman–Crippen MR) is 310 cm³/mol. The number of nitrogens with zero attached hydrogens (tertiary/aromatic N) is 2. The molecule has 0 amide bonds. The lowest BCUT2D eigenvalue weighted by Gasteiger charge is -2.33. The summed E-state index contributed by atoms with van der Waals surface area (Å²) in [5.41, 5.74) is 21.1. The summed E-state index contributed by atoms with van der Waals surface area (Å²) in [6, 6.07) is 60.8. The van der Waals surface area contributed by atoms with Crippen molar-refractivity contribution in [3.8, 4) is 22.3 Å². The zero-order chi connectivity index (χ0) is 49.4. The molecule has 8 rings (SSSR count). The van der Waals surface area contributed by atoms with Gasteiger partial charge in [-0.15, -0.1) is 0 Å². The summed E-state index contributed by atoms with van der Waals surface area (Å²) < 4.78 is 0. The van der Waals surface area contributed by atoms with Crippen LogP contribution in [-0.4, -0.2) is 0 Å². The number of hydrogen-bond acceptors (Lipinski definition) is 2. The predicted octanol–water partition coefficient (Wildman–Crippen LogP) is 21.4. The number of unbranched alkanes of at least 4 members (excludes halogenated alkanes) is 12. The fraction of sp³-hybridized carbons (Fsp3) is 0.391. The van der Waals surface area contributed by atoms with Gasteiger partial charge in [0.05, 0.1) is 0 Å². The molecule has 370 valence electrons. The molecule has 1 aliphatic carbocycles. The zero-order valence-corrected chi connectivity index (χ0v) is 44.5. The maximum absolute atomic E-state index is 2.60. The number of hydrogen-bond donors (Lipinski definition) is 0. The Hall–Kier alpha value is -5.86. The Morgan fingerprint density at radius 2 is 0.648 bits per heavy atom. The van der Waals surface area contributed by atoms with E-state index in [2.05, 4.69) is 209 Å². The van der Waals surface area contributed by atoms with Crippen LogP contribution in [0.25, 0.3) is 22.3 Å². The van der Waals surface area contributed by atoms with Crippen LogP contribution in [0.1, 0.15) is 177 Å². The van der Waals surface area contributed by atoms with Crippen molar-refractivity contribution >= 4 is 34.1 Å². The summed E-state index contributed by atoms with van der Waals surface area (Å²) in [5, 5.41) is 0. The van der Waals surface area contributed by atoms with Gasteiger partial charge in [-0.3, -0.25) is 0 Å². The minimum atomic E-state index is 0.0578. The molecule has 0 saturated heterocycles. The molecule has 0 bridgehead atoms.